The topological polar surface area (TPSA) is 123 Å². The monoisotopic (exact) mass is 251 g/mol. The Labute approximate surface area is 104 Å². The number of benzene rings is 1. The molecule has 4 N–H and O–H groups in total. The number of nitrogens with one attached hydrogen (secondary N) is 1. The Morgan fingerprint density at radius 1 is 1.50 bits per heavy atom. The molecule has 0 fully saturated rings. The Bertz CT molecular complexity index is 440. The zero-order chi connectivity index (χ0) is 13.4. The van der Waals surface area contributed by atoms with Gasteiger partial charge in [0.05, 0.1) is 0 Å². The van der Waals surface area contributed by atoms with E-state index < -0.39 is 12.0 Å². The molecule has 0 aliphatic rings. The van der Waals surface area contributed by atoms with Crippen LogP contribution in [0, 0.1) is 5.53 Å². The molecule has 0 bridgehead atoms. The van der Waals surface area contributed by atoms with Crippen molar-refractivity contribution in [3.8, 4) is 5.75 Å². The van der Waals surface area contributed by atoms with Crippen LogP contribution in [0.1, 0.15) is 5.56 Å². The third-order valence-corrected chi connectivity index (χ3v) is 2.23. The lowest BCUT2D eigenvalue weighted by molar-refractivity contribution is -0.138. The molecule has 1 atom stereocenters. The fraction of sp³-hybridized carbons (Fsp3) is 0.364. The maximum Gasteiger partial charge on any atom is 0.320 e. The predicted octanol–water partition coefficient (Wildman–Crippen LogP) is 0.570. The van der Waals surface area contributed by atoms with E-state index in [1.807, 2.05) is 0 Å². The van der Waals surface area contributed by atoms with Crippen LogP contribution >= 0.6 is 0 Å². The van der Waals surface area contributed by atoms with E-state index in [-0.39, 0.29) is 6.42 Å². The van der Waals surface area contributed by atoms with Crippen LogP contribution in [0.25, 0.3) is 0 Å². The lowest BCUT2D eigenvalue weighted by Gasteiger charge is -2.07. The zero-order valence-electron chi connectivity index (χ0n) is 9.74. The van der Waals surface area contributed by atoms with E-state index in [2.05, 4.69) is 10.0 Å². The minimum atomic E-state index is -1.02. The average Bonchev–Trinajstić information content (AvgIpc) is 2.36. The molecule has 7 heteroatoms. The van der Waals surface area contributed by atoms with Crippen molar-refractivity contribution in [3.05, 3.63) is 29.8 Å². The molecule has 0 saturated heterocycles. The summed E-state index contributed by atoms with van der Waals surface area (Å²) in [5.41, 5.74) is 12.7. The molecule has 18 heavy (non-hydrogen) atoms. The van der Waals surface area contributed by atoms with Crippen LogP contribution in [-0.4, -0.2) is 30.3 Å². The summed E-state index contributed by atoms with van der Waals surface area (Å²) in [4.78, 5) is 13.4. The molecule has 0 unspecified atom stereocenters. The first-order chi connectivity index (χ1) is 8.63. The first-order valence-corrected chi connectivity index (χ1v) is 5.37. The molecular weight excluding hydrogens is 236 g/mol. The summed E-state index contributed by atoms with van der Waals surface area (Å²) in [5.74, 6) is -0.362. The molecule has 0 amide bonds. The van der Waals surface area contributed by atoms with Crippen LogP contribution in [0.2, 0.25) is 0 Å². The molecule has 0 saturated carbocycles. The van der Waals surface area contributed by atoms with Crippen molar-refractivity contribution in [2.24, 2.45) is 10.8 Å². The van der Waals surface area contributed by atoms with Gasteiger partial charge >= 0.3 is 5.97 Å². The van der Waals surface area contributed by atoms with Gasteiger partial charge in [0.15, 0.2) is 6.54 Å². The predicted molar refractivity (Wildman–Crippen MR) is 63.4 cm³/mol. The van der Waals surface area contributed by atoms with E-state index in [4.69, 9.17) is 21.1 Å². The summed E-state index contributed by atoms with van der Waals surface area (Å²) in [6.07, 6.45) is 0.280. The number of hydrogen-bond acceptors (Lipinski definition) is 5. The van der Waals surface area contributed by atoms with E-state index in [1.165, 1.54) is 0 Å². The fourth-order valence-corrected chi connectivity index (χ4v) is 1.32. The smallest absolute Gasteiger partial charge is 0.320 e. The van der Waals surface area contributed by atoms with Gasteiger partial charge in [-0.05, 0) is 24.1 Å². The Morgan fingerprint density at radius 3 is 2.72 bits per heavy atom. The molecule has 7 nitrogen and oxygen atoms in total. The number of carboxylic acid groups (broad SMARTS) is 1. The summed E-state index contributed by atoms with van der Waals surface area (Å²) in [7, 11) is 0. The van der Waals surface area contributed by atoms with Crippen LogP contribution in [-0.2, 0) is 11.2 Å². The van der Waals surface area contributed by atoms with Gasteiger partial charge in [-0.15, -0.1) is 0 Å². The second kappa shape index (κ2) is 7.16. The summed E-state index contributed by atoms with van der Waals surface area (Å²) in [6.45, 7) is 0.672. The van der Waals surface area contributed by atoms with E-state index in [0.29, 0.717) is 18.9 Å². The first kappa shape index (κ1) is 13.8. The zero-order valence-corrected chi connectivity index (χ0v) is 9.74. The van der Waals surface area contributed by atoms with Crippen molar-refractivity contribution >= 4 is 5.97 Å². The van der Waals surface area contributed by atoms with Crippen molar-refractivity contribution < 1.29 is 14.6 Å². The normalized spacial score (nSPS) is 11.4. The Balaban J connectivity index is 2.47. The number of carbonyl (C=O) groups is 1. The lowest BCUT2D eigenvalue weighted by atomic mass is 10.1. The Morgan fingerprint density at radius 2 is 2.17 bits per heavy atom. The Kier molecular flexibility index (Phi) is 5.50. The second-order valence-electron chi connectivity index (χ2n) is 3.61. The molecule has 0 aliphatic carbocycles. The van der Waals surface area contributed by atoms with Gasteiger partial charge < -0.3 is 15.6 Å². The maximum absolute atomic E-state index is 10.6. The quantitative estimate of drug-likeness (QED) is 0.372. The largest absolute Gasteiger partial charge is 0.491 e. The second-order valence-corrected chi connectivity index (χ2v) is 3.61. The van der Waals surface area contributed by atoms with Crippen LogP contribution < -0.4 is 15.4 Å². The lowest BCUT2D eigenvalue weighted by Crippen LogP contribution is -2.32. The van der Waals surface area contributed by atoms with E-state index in [1.54, 1.807) is 24.3 Å². The van der Waals surface area contributed by atoms with Gasteiger partial charge in [-0.25, -0.2) is 0 Å². The van der Waals surface area contributed by atoms with Gasteiger partial charge in [0.1, 0.15) is 29.0 Å². The highest BCUT2D eigenvalue weighted by Gasteiger charge is 2.11. The van der Waals surface area contributed by atoms with Crippen LogP contribution in [0.15, 0.2) is 29.4 Å². The third-order valence-electron chi connectivity index (χ3n) is 2.23. The van der Waals surface area contributed by atoms with E-state index >= 15 is 0 Å². The molecule has 1 aromatic rings. The molecule has 1 rings (SSSR count). The molecule has 1 aromatic carbocycles. The van der Waals surface area contributed by atoms with Crippen LogP contribution in [0.5, 0.6) is 5.75 Å². The van der Waals surface area contributed by atoms with Crippen LogP contribution in [0.4, 0.5) is 0 Å². The molecular formula is C11H15N4O3+. The van der Waals surface area contributed by atoms with Gasteiger partial charge in [-0.1, -0.05) is 12.1 Å². The molecule has 96 valence electrons. The molecule has 0 heterocycles. The van der Waals surface area contributed by atoms with Crippen molar-refractivity contribution in [2.75, 3.05) is 13.2 Å². The van der Waals surface area contributed by atoms with Crippen molar-refractivity contribution in [1.29, 1.82) is 5.53 Å². The molecule has 0 aliphatic heterocycles. The minimum Gasteiger partial charge on any atom is -0.491 e. The van der Waals surface area contributed by atoms with Gasteiger partial charge in [-0.3, -0.25) is 4.79 Å². The first-order valence-electron chi connectivity index (χ1n) is 5.37. The summed E-state index contributed by atoms with van der Waals surface area (Å²) >= 11 is 0. The van der Waals surface area contributed by atoms with Crippen LogP contribution in [0.3, 0.4) is 0 Å². The van der Waals surface area contributed by atoms with Gasteiger partial charge in [0, 0.05) is 0 Å². The van der Waals surface area contributed by atoms with Gasteiger partial charge in [-0.2, -0.15) is 0 Å². The van der Waals surface area contributed by atoms with Crippen molar-refractivity contribution in [1.82, 2.24) is 4.91 Å². The van der Waals surface area contributed by atoms with E-state index in [9.17, 15) is 4.79 Å². The van der Waals surface area contributed by atoms with E-state index in [0.717, 1.165) is 5.56 Å². The highest BCUT2D eigenvalue weighted by Crippen LogP contribution is 2.13. The van der Waals surface area contributed by atoms with Gasteiger partial charge in [0.2, 0.25) is 4.91 Å². The average molecular weight is 251 g/mol. The number of nitrogens with zero attached hydrogens (tertiary/aromatic N) is 2. The maximum atomic E-state index is 10.6. The molecule has 0 aromatic heterocycles. The van der Waals surface area contributed by atoms with Crippen molar-refractivity contribution in [2.45, 2.75) is 12.5 Å². The number of nitrogens with two attached hydrogens (primary N) is 1. The highest BCUT2D eigenvalue weighted by atomic mass is 16.5. The summed E-state index contributed by atoms with van der Waals surface area (Å²) in [5, 5.41) is 12.1. The number of carboxylic acids is 1. The number of ether oxygens (including phenoxy) is 1. The summed E-state index contributed by atoms with van der Waals surface area (Å²) < 4.78 is 5.33. The third kappa shape index (κ3) is 4.73. The summed E-state index contributed by atoms with van der Waals surface area (Å²) in [6, 6.07) is 6.12. The fourth-order valence-electron chi connectivity index (χ4n) is 1.32. The minimum absolute atomic E-state index is 0.280. The molecule has 0 spiro atoms. The number of hydrogen-bond donors (Lipinski definition) is 3. The van der Waals surface area contributed by atoms with Crippen molar-refractivity contribution in [3.63, 3.8) is 0 Å². The SMILES string of the molecule is N=[N+]=NCCOc1ccc(C[C@H](N)C(=O)O)cc1. The standard InChI is InChI=1S/C11H14N4O3/c12-10(11(16)17)7-8-1-3-9(4-2-8)18-6-5-14-15-13/h1-4,10,13H,5-7,12H2/p+1/t10-/m0/s1. The number of rotatable bonds is 7. The Hall–Kier alpha value is -2.24. The van der Waals surface area contributed by atoms with Gasteiger partial charge in [0.25, 0.3) is 0 Å². The highest BCUT2D eigenvalue weighted by molar-refractivity contribution is 5.73. The molecule has 0 radical (unpaired) electrons. The number of aliphatic carboxylic acids is 1.